The normalized spacial score (nSPS) is 17.6. The van der Waals surface area contributed by atoms with Crippen molar-refractivity contribution in [1.82, 2.24) is 9.29 Å². The fraction of sp³-hybridized carbons (Fsp3) is 0.273. The monoisotopic (exact) mass is 441 g/mol. The SMILES string of the molecule is Cc1nc(-c2cccc(NC(=O)C3CCCN(S(=O)(=O)c4ccccc4)C3)c2)cs1. The molecule has 30 heavy (non-hydrogen) atoms. The van der Waals surface area contributed by atoms with Gasteiger partial charge in [0.1, 0.15) is 0 Å². The first-order chi connectivity index (χ1) is 14.4. The van der Waals surface area contributed by atoms with E-state index in [1.807, 2.05) is 36.6 Å². The predicted octanol–water partition coefficient (Wildman–Crippen LogP) is 4.16. The third-order valence-corrected chi connectivity index (χ3v) is 7.83. The molecule has 1 saturated heterocycles. The third kappa shape index (κ3) is 4.45. The molecule has 4 rings (SSSR count). The van der Waals surface area contributed by atoms with E-state index in [9.17, 15) is 13.2 Å². The maximum Gasteiger partial charge on any atom is 0.243 e. The van der Waals surface area contributed by atoms with E-state index in [0.717, 1.165) is 16.3 Å². The number of aromatic nitrogens is 1. The number of amides is 1. The van der Waals surface area contributed by atoms with Crippen molar-refractivity contribution in [3.8, 4) is 11.3 Å². The fourth-order valence-electron chi connectivity index (χ4n) is 3.61. The molecule has 0 saturated carbocycles. The molecule has 2 heterocycles. The molecule has 0 aliphatic carbocycles. The van der Waals surface area contributed by atoms with Crippen molar-refractivity contribution in [1.29, 1.82) is 0 Å². The zero-order valence-electron chi connectivity index (χ0n) is 16.6. The van der Waals surface area contributed by atoms with E-state index in [0.29, 0.717) is 25.1 Å². The Morgan fingerprint density at radius 3 is 2.70 bits per heavy atom. The molecule has 2 aromatic carbocycles. The van der Waals surface area contributed by atoms with Crippen LogP contribution in [0.5, 0.6) is 0 Å². The number of rotatable bonds is 5. The van der Waals surface area contributed by atoms with Crippen LogP contribution < -0.4 is 5.32 Å². The number of nitrogens with zero attached hydrogens (tertiary/aromatic N) is 2. The second kappa shape index (κ2) is 8.67. The van der Waals surface area contributed by atoms with Crippen molar-refractivity contribution < 1.29 is 13.2 Å². The summed E-state index contributed by atoms with van der Waals surface area (Å²) in [5.41, 5.74) is 2.51. The molecule has 1 amide bonds. The number of carbonyl (C=O) groups is 1. The molecule has 0 radical (unpaired) electrons. The van der Waals surface area contributed by atoms with Crippen LogP contribution in [0.1, 0.15) is 17.8 Å². The summed E-state index contributed by atoms with van der Waals surface area (Å²) < 4.78 is 27.2. The first-order valence-corrected chi connectivity index (χ1v) is 12.1. The molecule has 1 aliphatic rings. The highest BCUT2D eigenvalue weighted by atomic mass is 32.2. The number of hydrogen-bond donors (Lipinski definition) is 1. The molecule has 3 aromatic rings. The lowest BCUT2D eigenvalue weighted by Gasteiger charge is -2.31. The van der Waals surface area contributed by atoms with Crippen molar-refractivity contribution in [3.63, 3.8) is 0 Å². The minimum Gasteiger partial charge on any atom is -0.326 e. The van der Waals surface area contributed by atoms with Gasteiger partial charge in [-0.3, -0.25) is 4.79 Å². The Bertz CT molecular complexity index is 1140. The average Bonchev–Trinajstić information content (AvgIpc) is 3.21. The molecule has 1 N–H and O–H groups in total. The van der Waals surface area contributed by atoms with E-state index in [1.165, 1.54) is 4.31 Å². The van der Waals surface area contributed by atoms with Gasteiger partial charge in [-0.25, -0.2) is 13.4 Å². The Balaban J connectivity index is 1.46. The molecular formula is C22H23N3O3S2. The van der Waals surface area contributed by atoms with E-state index in [1.54, 1.807) is 41.7 Å². The van der Waals surface area contributed by atoms with Gasteiger partial charge in [0.05, 0.1) is 21.5 Å². The van der Waals surface area contributed by atoms with Gasteiger partial charge in [-0.15, -0.1) is 11.3 Å². The van der Waals surface area contributed by atoms with Crippen LogP contribution >= 0.6 is 11.3 Å². The van der Waals surface area contributed by atoms with Crippen molar-refractivity contribution >= 4 is 33.0 Å². The molecule has 1 atom stereocenters. The molecule has 0 spiro atoms. The first-order valence-electron chi connectivity index (χ1n) is 9.82. The second-order valence-electron chi connectivity index (χ2n) is 7.34. The van der Waals surface area contributed by atoms with Gasteiger partial charge in [-0.05, 0) is 44.0 Å². The van der Waals surface area contributed by atoms with Crippen LogP contribution in [0.2, 0.25) is 0 Å². The van der Waals surface area contributed by atoms with E-state index in [2.05, 4.69) is 10.3 Å². The van der Waals surface area contributed by atoms with Gasteiger partial charge in [0.2, 0.25) is 15.9 Å². The summed E-state index contributed by atoms with van der Waals surface area (Å²) in [5, 5.41) is 5.93. The molecule has 156 valence electrons. The third-order valence-electron chi connectivity index (χ3n) is 5.18. The first kappa shape index (κ1) is 20.7. The Hall–Kier alpha value is -2.55. The van der Waals surface area contributed by atoms with Gasteiger partial charge < -0.3 is 5.32 Å². The summed E-state index contributed by atoms with van der Waals surface area (Å²) in [6.07, 6.45) is 1.32. The topological polar surface area (TPSA) is 79.4 Å². The quantitative estimate of drug-likeness (QED) is 0.645. The molecule has 1 aromatic heterocycles. The maximum absolute atomic E-state index is 12.9. The van der Waals surface area contributed by atoms with Gasteiger partial charge in [-0.1, -0.05) is 30.3 Å². The Morgan fingerprint density at radius 2 is 1.97 bits per heavy atom. The van der Waals surface area contributed by atoms with Crippen molar-refractivity contribution in [2.75, 3.05) is 18.4 Å². The van der Waals surface area contributed by atoms with Gasteiger partial charge in [0.15, 0.2) is 0 Å². The molecule has 0 bridgehead atoms. The second-order valence-corrected chi connectivity index (χ2v) is 10.3. The summed E-state index contributed by atoms with van der Waals surface area (Å²) in [6.45, 7) is 2.58. The van der Waals surface area contributed by atoms with Crippen LogP contribution in [-0.2, 0) is 14.8 Å². The van der Waals surface area contributed by atoms with Crippen LogP contribution in [-0.4, -0.2) is 36.7 Å². The predicted molar refractivity (Wildman–Crippen MR) is 119 cm³/mol. The number of piperidine rings is 1. The van der Waals surface area contributed by atoms with Gasteiger partial charge in [0.25, 0.3) is 0 Å². The van der Waals surface area contributed by atoms with Crippen LogP contribution in [0, 0.1) is 12.8 Å². The van der Waals surface area contributed by atoms with Crippen LogP contribution in [0.4, 0.5) is 5.69 Å². The van der Waals surface area contributed by atoms with Crippen molar-refractivity contribution in [2.24, 2.45) is 5.92 Å². The van der Waals surface area contributed by atoms with Crippen LogP contribution in [0.3, 0.4) is 0 Å². The summed E-state index contributed by atoms with van der Waals surface area (Å²) in [5.74, 6) is -0.544. The van der Waals surface area contributed by atoms with E-state index < -0.39 is 10.0 Å². The molecule has 1 unspecified atom stereocenters. The Labute approximate surface area is 180 Å². The summed E-state index contributed by atoms with van der Waals surface area (Å²) in [6, 6.07) is 15.9. The number of sulfonamides is 1. The summed E-state index contributed by atoms with van der Waals surface area (Å²) in [4.78, 5) is 17.6. The van der Waals surface area contributed by atoms with E-state index >= 15 is 0 Å². The lowest BCUT2D eigenvalue weighted by Crippen LogP contribution is -2.43. The zero-order chi connectivity index (χ0) is 21.1. The number of aryl methyl sites for hydroxylation is 1. The largest absolute Gasteiger partial charge is 0.326 e. The highest BCUT2D eigenvalue weighted by molar-refractivity contribution is 7.89. The highest BCUT2D eigenvalue weighted by Crippen LogP contribution is 2.27. The smallest absolute Gasteiger partial charge is 0.243 e. The number of carbonyl (C=O) groups excluding carboxylic acids is 1. The number of hydrogen-bond acceptors (Lipinski definition) is 5. The van der Waals surface area contributed by atoms with Crippen LogP contribution in [0.25, 0.3) is 11.3 Å². The molecular weight excluding hydrogens is 418 g/mol. The van der Waals surface area contributed by atoms with Crippen molar-refractivity contribution in [2.45, 2.75) is 24.7 Å². The molecule has 6 nitrogen and oxygen atoms in total. The summed E-state index contributed by atoms with van der Waals surface area (Å²) in [7, 11) is -3.60. The van der Waals surface area contributed by atoms with Crippen molar-refractivity contribution in [3.05, 3.63) is 65.0 Å². The number of benzene rings is 2. The lowest BCUT2D eigenvalue weighted by atomic mass is 9.98. The fourth-order valence-corrected chi connectivity index (χ4v) is 5.78. The standard InChI is InChI=1S/C22H23N3O3S2/c1-16-23-21(15-29-16)17-7-5-9-19(13-17)24-22(26)18-8-6-12-25(14-18)30(27,28)20-10-3-2-4-11-20/h2-5,7,9-11,13,15,18H,6,8,12,14H2,1H3,(H,24,26). The lowest BCUT2D eigenvalue weighted by molar-refractivity contribution is -0.120. The maximum atomic E-state index is 12.9. The van der Waals surface area contributed by atoms with Crippen LogP contribution in [0.15, 0.2) is 64.9 Å². The molecule has 8 heteroatoms. The Kier molecular flexibility index (Phi) is 5.99. The minimum absolute atomic E-state index is 0.158. The minimum atomic E-state index is -3.60. The highest BCUT2D eigenvalue weighted by Gasteiger charge is 2.33. The van der Waals surface area contributed by atoms with Gasteiger partial charge in [0, 0.05) is 29.7 Å². The summed E-state index contributed by atoms with van der Waals surface area (Å²) >= 11 is 1.58. The molecule has 1 fully saturated rings. The average molecular weight is 442 g/mol. The van der Waals surface area contributed by atoms with Gasteiger partial charge >= 0.3 is 0 Å². The van der Waals surface area contributed by atoms with Gasteiger partial charge in [-0.2, -0.15) is 4.31 Å². The molecule has 1 aliphatic heterocycles. The van der Waals surface area contributed by atoms with E-state index in [-0.39, 0.29) is 23.3 Å². The number of anilines is 1. The number of nitrogens with one attached hydrogen (secondary N) is 1. The Morgan fingerprint density at radius 1 is 1.17 bits per heavy atom. The zero-order valence-corrected chi connectivity index (χ0v) is 18.2. The number of thiazole rings is 1. The van der Waals surface area contributed by atoms with E-state index in [4.69, 9.17) is 0 Å².